The molecule has 1 N–H and O–H groups in total. The number of rotatable bonds is 5. The van der Waals surface area contributed by atoms with Crippen molar-refractivity contribution >= 4 is 11.3 Å². The quantitative estimate of drug-likeness (QED) is 0.884. The highest BCUT2D eigenvalue weighted by Crippen LogP contribution is 2.11. The van der Waals surface area contributed by atoms with Gasteiger partial charge >= 0.3 is 0 Å². The third kappa shape index (κ3) is 3.38. The van der Waals surface area contributed by atoms with E-state index in [0.717, 1.165) is 29.6 Å². The molecule has 4 nitrogen and oxygen atoms in total. The molecule has 0 spiro atoms. The third-order valence-corrected chi connectivity index (χ3v) is 3.41. The van der Waals surface area contributed by atoms with Crippen molar-refractivity contribution in [3.63, 3.8) is 0 Å². The van der Waals surface area contributed by atoms with E-state index in [0.29, 0.717) is 6.04 Å². The fraction of sp³-hybridized carbons (Fsp3) is 0.500. The fourth-order valence-electron chi connectivity index (χ4n) is 1.54. The monoisotopic (exact) mass is 250 g/mol. The minimum Gasteiger partial charge on any atom is -0.329 e. The molecule has 5 heteroatoms. The molecule has 0 aromatic carbocycles. The molecule has 0 radical (unpaired) electrons. The van der Waals surface area contributed by atoms with Gasteiger partial charge in [0.2, 0.25) is 0 Å². The van der Waals surface area contributed by atoms with Gasteiger partial charge < -0.3 is 9.88 Å². The molecule has 0 unspecified atom stereocenters. The summed E-state index contributed by atoms with van der Waals surface area (Å²) in [6, 6.07) is 0.498. The van der Waals surface area contributed by atoms with E-state index >= 15 is 0 Å². The molecule has 0 saturated carbocycles. The Morgan fingerprint density at radius 1 is 1.47 bits per heavy atom. The zero-order valence-corrected chi connectivity index (χ0v) is 11.3. The normalized spacial score (nSPS) is 11.3. The number of hydrogen-bond acceptors (Lipinski definition) is 4. The van der Waals surface area contributed by atoms with E-state index in [9.17, 15) is 0 Å². The lowest BCUT2D eigenvalue weighted by molar-refractivity contribution is 0.585. The molecule has 2 aromatic heterocycles. The summed E-state index contributed by atoms with van der Waals surface area (Å²) in [5.41, 5.74) is 1.11. The molecule has 0 aliphatic carbocycles. The van der Waals surface area contributed by atoms with Crippen molar-refractivity contribution in [2.45, 2.75) is 39.9 Å². The standard InChI is InChI=1S/C12H18N4S/c1-9(2)14-6-12-15-11(8-17-12)7-16-5-4-13-10(16)3/h4-5,8-9,14H,6-7H2,1-3H3. The molecule has 92 valence electrons. The molecule has 0 saturated heterocycles. The molecule has 17 heavy (non-hydrogen) atoms. The van der Waals surface area contributed by atoms with E-state index in [2.05, 4.69) is 39.1 Å². The summed E-state index contributed by atoms with van der Waals surface area (Å²) in [5, 5.41) is 6.64. The van der Waals surface area contributed by atoms with Crippen LogP contribution in [-0.4, -0.2) is 20.6 Å². The second kappa shape index (κ2) is 5.42. The van der Waals surface area contributed by atoms with Gasteiger partial charge in [0, 0.05) is 30.4 Å². The Balaban J connectivity index is 1.97. The predicted octanol–water partition coefficient (Wildman–Crippen LogP) is 2.19. The first-order valence-electron chi connectivity index (χ1n) is 5.79. The predicted molar refractivity (Wildman–Crippen MR) is 70.2 cm³/mol. The van der Waals surface area contributed by atoms with Crippen LogP contribution in [0.25, 0.3) is 0 Å². The van der Waals surface area contributed by atoms with Crippen LogP contribution in [0.15, 0.2) is 17.8 Å². The topological polar surface area (TPSA) is 42.7 Å². The second-order valence-electron chi connectivity index (χ2n) is 4.37. The molecule has 0 bridgehead atoms. The first-order chi connectivity index (χ1) is 8.15. The number of thiazole rings is 1. The Bertz CT molecular complexity index is 472. The number of hydrogen-bond donors (Lipinski definition) is 1. The Labute approximate surface area is 106 Å². The number of imidazole rings is 1. The summed E-state index contributed by atoms with van der Waals surface area (Å²) >= 11 is 1.71. The van der Waals surface area contributed by atoms with Gasteiger partial charge in [-0.2, -0.15) is 0 Å². The summed E-state index contributed by atoms with van der Waals surface area (Å²) in [5.74, 6) is 1.03. The first-order valence-corrected chi connectivity index (χ1v) is 6.67. The third-order valence-electron chi connectivity index (χ3n) is 2.52. The van der Waals surface area contributed by atoms with Crippen LogP contribution in [0.5, 0.6) is 0 Å². The van der Waals surface area contributed by atoms with Crippen LogP contribution < -0.4 is 5.32 Å². The van der Waals surface area contributed by atoms with Crippen LogP contribution >= 0.6 is 11.3 Å². The molecule has 2 heterocycles. The summed E-state index contributed by atoms with van der Waals surface area (Å²) < 4.78 is 2.11. The lowest BCUT2D eigenvalue weighted by Gasteiger charge is -2.04. The maximum atomic E-state index is 4.61. The van der Waals surface area contributed by atoms with Crippen molar-refractivity contribution in [3.05, 3.63) is 34.3 Å². The highest BCUT2D eigenvalue weighted by Gasteiger charge is 2.04. The zero-order chi connectivity index (χ0) is 12.3. The highest BCUT2D eigenvalue weighted by molar-refractivity contribution is 7.09. The van der Waals surface area contributed by atoms with Gasteiger partial charge in [0.1, 0.15) is 10.8 Å². The maximum absolute atomic E-state index is 4.61. The van der Waals surface area contributed by atoms with Crippen LogP contribution in [-0.2, 0) is 13.1 Å². The molecule has 0 atom stereocenters. The van der Waals surface area contributed by atoms with Crippen molar-refractivity contribution in [2.75, 3.05) is 0 Å². The van der Waals surface area contributed by atoms with Crippen LogP contribution in [0.3, 0.4) is 0 Å². The van der Waals surface area contributed by atoms with Crippen molar-refractivity contribution in [3.8, 4) is 0 Å². The zero-order valence-electron chi connectivity index (χ0n) is 10.5. The molecule has 2 aromatic rings. The highest BCUT2D eigenvalue weighted by atomic mass is 32.1. The molecule has 0 aliphatic rings. The molecule has 0 fully saturated rings. The van der Waals surface area contributed by atoms with Crippen molar-refractivity contribution in [2.24, 2.45) is 0 Å². The van der Waals surface area contributed by atoms with E-state index < -0.39 is 0 Å². The number of aryl methyl sites for hydroxylation is 1. The Kier molecular flexibility index (Phi) is 3.91. The van der Waals surface area contributed by atoms with Crippen molar-refractivity contribution < 1.29 is 0 Å². The largest absolute Gasteiger partial charge is 0.329 e. The van der Waals surface area contributed by atoms with Gasteiger partial charge in [0.25, 0.3) is 0 Å². The van der Waals surface area contributed by atoms with Gasteiger partial charge in [-0.05, 0) is 6.92 Å². The second-order valence-corrected chi connectivity index (χ2v) is 5.31. The Morgan fingerprint density at radius 2 is 2.29 bits per heavy atom. The summed E-state index contributed by atoms with van der Waals surface area (Å²) in [6.45, 7) is 7.95. The molecular formula is C12H18N4S. The molecular weight excluding hydrogens is 232 g/mol. The number of nitrogens with zero attached hydrogens (tertiary/aromatic N) is 3. The Hall–Kier alpha value is -1.20. The molecule has 0 amide bonds. The van der Waals surface area contributed by atoms with Gasteiger partial charge in [-0.15, -0.1) is 11.3 Å². The van der Waals surface area contributed by atoms with Gasteiger partial charge in [-0.25, -0.2) is 9.97 Å². The van der Waals surface area contributed by atoms with Gasteiger partial charge in [-0.3, -0.25) is 0 Å². The average Bonchev–Trinajstić information content (AvgIpc) is 2.87. The van der Waals surface area contributed by atoms with Gasteiger partial charge in [0.15, 0.2) is 0 Å². The smallest absolute Gasteiger partial charge is 0.107 e. The van der Waals surface area contributed by atoms with Gasteiger partial charge in [-0.1, -0.05) is 13.8 Å². The SMILES string of the molecule is Cc1nccn1Cc1csc(CNC(C)C)n1. The lowest BCUT2D eigenvalue weighted by atomic mass is 10.4. The average molecular weight is 250 g/mol. The summed E-state index contributed by atoms with van der Waals surface area (Å²) in [4.78, 5) is 8.81. The van der Waals surface area contributed by atoms with Crippen LogP contribution in [0.1, 0.15) is 30.4 Å². The lowest BCUT2D eigenvalue weighted by Crippen LogP contribution is -2.21. The first kappa shape index (κ1) is 12.3. The van der Waals surface area contributed by atoms with E-state index in [1.165, 1.54) is 0 Å². The van der Waals surface area contributed by atoms with E-state index in [-0.39, 0.29) is 0 Å². The van der Waals surface area contributed by atoms with E-state index in [1.54, 1.807) is 11.3 Å². The van der Waals surface area contributed by atoms with E-state index in [4.69, 9.17) is 0 Å². The van der Waals surface area contributed by atoms with Crippen molar-refractivity contribution in [1.82, 2.24) is 19.9 Å². The summed E-state index contributed by atoms with van der Waals surface area (Å²) in [6.07, 6.45) is 3.81. The number of nitrogens with one attached hydrogen (secondary N) is 1. The van der Waals surface area contributed by atoms with Gasteiger partial charge in [0.05, 0.1) is 12.2 Å². The molecule has 2 rings (SSSR count). The minimum atomic E-state index is 0.498. The van der Waals surface area contributed by atoms with Crippen LogP contribution in [0.4, 0.5) is 0 Å². The minimum absolute atomic E-state index is 0.498. The van der Waals surface area contributed by atoms with Crippen LogP contribution in [0.2, 0.25) is 0 Å². The fourth-order valence-corrected chi connectivity index (χ4v) is 2.28. The summed E-state index contributed by atoms with van der Waals surface area (Å²) in [7, 11) is 0. The Morgan fingerprint density at radius 3 is 2.94 bits per heavy atom. The van der Waals surface area contributed by atoms with Crippen molar-refractivity contribution in [1.29, 1.82) is 0 Å². The van der Waals surface area contributed by atoms with Crippen LogP contribution in [0, 0.1) is 6.92 Å². The number of aromatic nitrogens is 3. The molecule has 0 aliphatic heterocycles. The van der Waals surface area contributed by atoms with E-state index in [1.807, 2.05) is 19.3 Å². The maximum Gasteiger partial charge on any atom is 0.107 e.